The Labute approximate surface area is 190 Å². The predicted molar refractivity (Wildman–Crippen MR) is 119 cm³/mol. The molecule has 0 spiro atoms. The summed E-state index contributed by atoms with van der Waals surface area (Å²) in [5, 5.41) is 0.733. The minimum atomic E-state index is -3.93. The highest BCUT2D eigenvalue weighted by molar-refractivity contribution is 7.86. The fraction of sp³-hybridized carbons (Fsp3) is 0.217. The van der Waals surface area contributed by atoms with Crippen molar-refractivity contribution in [3.63, 3.8) is 0 Å². The topological polar surface area (TPSA) is 52.6 Å². The molecule has 31 heavy (non-hydrogen) atoms. The van der Waals surface area contributed by atoms with E-state index in [-0.39, 0.29) is 17.1 Å². The number of fused-ring (bicyclic) bond motifs is 1. The summed E-state index contributed by atoms with van der Waals surface area (Å²) in [6.07, 6.45) is 0.571. The van der Waals surface area contributed by atoms with E-state index in [1.165, 1.54) is 24.3 Å². The molecule has 0 aliphatic carbocycles. The van der Waals surface area contributed by atoms with Crippen LogP contribution < -0.4 is 4.74 Å². The van der Waals surface area contributed by atoms with Gasteiger partial charge < -0.3 is 4.74 Å². The number of aryl methyl sites for hydroxylation is 2. The number of hydrogen-bond acceptors (Lipinski definition) is 4. The first-order valence-corrected chi connectivity index (χ1v) is 11.8. The van der Waals surface area contributed by atoms with E-state index in [4.69, 9.17) is 32.1 Å². The van der Waals surface area contributed by atoms with Gasteiger partial charge in [0, 0.05) is 10.6 Å². The number of halogens is 3. The molecule has 1 heterocycles. The van der Waals surface area contributed by atoms with Gasteiger partial charge in [-0.3, -0.25) is 4.18 Å². The first-order valence-electron chi connectivity index (χ1n) is 9.64. The van der Waals surface area contributed by atoms with Gasteiger partial charge in [0.05, 0.1) is 15.5 Å². The molecule has 4 rings (SSSR count). The number of ether oxygens (including phenoxy) is 1. The Bertz CT molecular complexity index is 1230. The van der Waals surface area contributed by atoms with Gasteiger partial charge in [0.1, 0.15) is 24.3 Å². The van der Waals surface area contributed by atoms with Crippen molar-refractivity contribution in [2.75, 3.05) is 6.61 Å². The van der Waals surface area contributed by atoms with Crippen molar-refractivity contribution in [3.8, 4) is 16.9 Å². The first-order chi connectivity index (χ1) is 14.7. The van der Waals surface area contributed by atoms with Gasteiger partial charge in [0.25, 0.3) is 10.1 Å². The van der Waals surface area contributed by atoms with Crippen LogP contribution in [0.1, 0.15) is 17.5 Å². The van der Waals surface area contributed by atoms with Gasteiger partial charge in [-0.2, -0.15) is 8.42 Å². The first kappa shape index (κ1) is 22.1. The van der Waals surface area contributed by atoms with E-state index in [0.717, 1.165) is 11.1 Å². The van der Waals surface area contributed by atoms with Crippen molar-refractivity contribution >= 4 is 33.3 Å². The minimum Gasteiger partial charge on any atom is -0.487 e. The monoisotopic (exact) mass is 480 g/mol. The summed E-state index contributed by atoms with van der Waals surface area (Å²) in [6.45, 7) is 1.69. The van der Waals surface area contributed by atoms with Gasteiger partial charge >= 0.3 is 0 Å². The molecule has 162 valence electrons. The number of rotatable bonds is 5. The third-order valence-corrected chi connectivity index (χ3v) is 6.97. The lowest BCUT2D eigenvalue weighted by Crippen LogP contribution is -2.29. The normalized spacial score (nSPS) is 15.9. The second kappa shape index (κ2) is 8.79. The summed E-state index contributed by atoms with van der Waals surface area (Å²) in [7, 11) is -3.93. The van der Waals surface area contributed by atoms with Crippen LogP contribution in [0.4, 0.5) is 4.39 Å². The van der Waals surface area contributed by atoms with Crippen molar-refractivity contribution in [1.82, 2.24) is 0 Å². The Morgan fingerprint density at radius 2 is 1.84 bits per heavy atom. The summed E-state index contributed by atoms with van der Waals surface area (Å²) in [4.78, 5) is 0.0778. The van der Waals surface area contributed by atoms with Gasteiger partial charge in [-0.25, -0.2) is 4.39 Å². The fourth-order valence-corrected chi connectivity index (χ4v) is 4.91. The summed E-state index contributed by atoms with van der Waals surface area (Å²) in [5.74, 6) is -0.145. The van der Waals surface area contributed by atoms with Crippen molar-refractivity contribution in [1.29, 1.82) is 0 Å². The molecular formula is C23H19Cl2FO4S. The zero-order valence-corrected chi connectivity index (χ0v) is 18.9. The average Bonchev–Trinajstić information content (AvgIpc) is 2.73. The molecule has 1 atom stereocenters. The van der Waals surface area contributed by atoms with Crippen LogP contribution in [-0.2, 0) is 20.7 Å². The predicted octanol–water partition coefficient (Wildman–Crippen LogP) is 6.21. The van der Waals surface area contributed by atoms with Crippen molar-refractivity contribution in [2.24, 2.45) is 0 Å². The van der Waals surface area contributed by atoms with E-state index in [1.807, 2.05) is 6.92 Å². The maximum atomic E-state index is 14.8. The van der Waals surface area contributed by atoms with Crippen LogP contribution in [0.5, 0.6) is 5.75 Å². The minimum absolute atomic E-state index is 0.0778. The quantitative estimate of drug-likeness (QED) is 0.407. The maximum absolute atomic E-state index is 14.8. The lowest BCUT2D eigenvalue weighted by Gasteiger charge is -2.28. The summed E-state index contributed by atoms with van der Waals surface area (Å²) < 4.78 is 51.0. The molecule has 1 aliphatic heterocycles. The van der Waals surface area contributed by atoms with E-state index in [9.17, 15) is 12.8 Å². The van der Waals surface area contributed by atoms with Gasteiger partial charge in [0.2, 0.25) is 0 Å². The van der Waals surface area contributed by atoms with Crippen LogP contribution >= 0.6 is 23.2 Å². The van der Waals surface area contributed by atoms with Crippen molar-refractivity contribution < 1.29 is 21.7 Å². The summed E-state index contributed by atoms with van der Waals surface area (Å²) in [6, 6.07) is 14.2. The van der Waals surface area contributed by atoms with Gasteiger partial charge in [-0.15, -0.1) is 0 Å². The summed E-state index contributed by atoms with van der Waals surface area (Å²) >= 11 is 12.3. The lowest BCUT2D eigenvalue weighted by molar-refractivity contribution is 0.113. The second-order valence-electron chi connectivity index (χ2n) is 7.37. The van der Waals surface area contributed by atoms with Crippen molar-refractivity contribution in [3.05, 3.63) is 81.6 Å². The van der Waals surface area contributed by atoms with Gasteiger partial charge in [0.15, 0.2) is 0 Å². The molecule has 3 aromatic carbocycles. The largest absolute Gasteiger partial charge is 0.487 e. The van der Waals surface area contributed by atoms with Crippen LogP contribution in [0.2, 0.25) is 10.0 Å². The summed E-state index contributed by atoms with van der Waals surface area (Å²) in [5.41, 5.74) is 2.45. The maximum Gasteiger partial charge on any atom is 0.297 e. The SMILES string of the molecule is Cc1ccc(S(=O)(=O)OC[C@H]2CCc3ccc(F)c(-c4ccc(Cl)cc4Cl)c3O2)cc1. The molecule has 0 saturated heterocycles. The lowest BCUT2D eigenvalue weighted by atomic mass is 9.95. The Morgan fingerprint density at radius 1 is 1.10 bits per heavy atom. The molecule has 8 heteroatoms. The van der Waals surface area contributed by atoms with E-state index in [2.05, 4.69) is 0 Å². The van der Waals surface area contributed by atoms with Crippen LogP contribution in [-0.4, -0.2) is 21.1 Å². The molecule has 0 N–H and O–H groups in total. The van der Waals surface area contributed by atoms with E-state index in [0.29, 0.717) is 34.2 Å². The molecule has 0 amide bonds. The van der Waals surface area contributed by atoms with Crippen LogP contribution in [0.25, 0.3) is 11.1 Å². The average molecular weight is 481 g/mol. The zero-order valence-electron chi connectivity index (χ0n) is 16.6. The van der Waals surface area contributed by atoms with Crippen LogP contribution in [0, 0.1) is 12.7 Å². The third-order valence-electron chi connectivity index (χ3n) is 5.13. The molecule has 0 bridgehead atoms. The van der Waals surface area contributed by atoms with Crippen LogP contribution in [0.3, 0.4) is 0 Å². The molecule has 0 unspecified atom stereocenters. The second-order valence-corrected chi connectivity index (χ2v) is 9.82. The third kappa shape index (κ3) is 4.72. The number of benzene rings is 3. The standard InChI is InChI=1S/C23H19Cl2FO4S/c1-14-2-8-18(9-3-14)31(27,28)29-13-17-7-4-15-5-11-21(26)22(23(15)30-17)19-10-6-16(24)12-20(19)25/h2-3,5-6,8-12,17H,4,7,13H2,1H3/t17-/m1/s1. The van der Waals surface area contributed by atoms with Crippen molar-refractivity contribution in [2.45, 2.75) is 30.8 Å². The van der Waals surface area contributed by atoms with Crippen LogP contribution in [0.15, 0.2) is 59.5 Å². The molecule has 4 nitrogen and oxygen atoms in total. The Balaban J connectivity index is 1.58. The highest BCUT2D eigenvalue weighted by Gasteiger charge is 2.28. The molecule has 3 aromatic rings. The van der Waals surface area contributed by atoms with E-state index in [1.54, 1.807) is 30.3 Å². The molecular weight excluding hydrogens is 462 g/mol. The van der Waals surface area contributed by atoms with E-state index < -0.39 is 22.0 Å². The Kier molecular flexibility index (Phi) is 6.26. The smallest absolute Gasteiger partial charge is 0.297 e. The van der Waals surface area contributed by atoms with Gasteiger partial charge in [-0.05, 0) is 55.7 Å². The molecule has 0 fully saturated rings. The number of hydrogen-bond donors (Lipinski definition) is 0. The van der Waals surface area contributed by atoms with Gasteiger partial charge in [-0.1, -0.05) is 53.0 Å². The molecule has 0 saturated carbocycles. The molecule has 0 aromatic heterocycles. The highest BCUT2D eigenvalue weighted by Crippen LogP contribution is 2.42. The Hall–Kier alpha value is -2.12. The Morgan fingerprint density at radius 3 is 2.55 bits per heavy atom. The fourth-order valence-electron chi connectivity index (χ4n) is 3.47. The molecule has 1 aliphatic rings. The molecule has 0 radical (unpaired) electrons. The highest BCUT2D eigenvalue weighted by atomic mass is 35.5. The zero-order chi connectivity index (χ0) is 22.2. The van der Waals surface area contributed by atoms with E-state index >= 15 is 0 Å².